The Morgan fingerprint density at radius 1 is 1.12 bits per heavy atom. The zero-order chi connectivity index (χ0) is 13.9. The number of carbonyl (C=O) groups is 2. The fourth-order valence-electron chi connectivity index (χ4n) is 1.27. The summed E-state index contributed by atoms with van der Waals surface area (Å²) < 4.78 is 0. The first-order valence-electron chi connectivity index (χ1n) is 5.71. The molecule has 0 fully saturated rings. The molecule has 0 aromatic rings. The van der Waals surface area contributed by atoms with E-state index in [1.54, 1.807) is 0 Å². The molecule has 100 valence electrons. The maximum Gasteiger partial charge on any atom is 0.323 e. The molecule has 0 aliphatic rings. The van der Waals surface area contributed by atoms with Gasteiger partial charge in [0, 0.05) is 11.1 Å². The topological polar surface area (TPSA) is 69.6 Å². The molecule has 17 heavy (non-hydrogen) atoms. The van der Waals surface area contributed by atoms with E-state index in [1.165, 1.54) is 4.90 Å². The van der Waals surface area contributed by atoms with Gasteiger partial charge in [-0.15, -0.1) is 0 Å². The molecule has 0 atom stereocenters. The summed E-state index contributed by atoms with van der Waals surface area (Å²) in [6.45, 7) is 11.2. The number of rotatable bonds is 4. The van der Waals surface area contributed by atoms with Crippen molar-refractivity contribution in [2.24, 2.45) is 0 Å². The van der Waals surface area contributed by atoms with Crippen LogP contribution in [-0.2, 0) is 9.59 Å². The van der Waals surface area contributed by atoms with Gasteiger partial charge in [-0.1, -0.05) is 0 Å². The van der Waals surface area contributed by atoms with Crippen molar-refractivity contribution in [3.8, 4) is 0 Å². The Hall–Kier alpha value is -1.10. The highest BCUT2D eigenvalue weighted by atomic mass is 16.4. The van der Waals surface area contributed by atoms with Crippen LogP contribution < -0.4 is 5.32 Å². The molecular formula is C12H24N2O3. The van der Waals surface area contributed by atoms with Crippen molar-refractivity contribution in [2.75, 3.05) is 13.1 Å². The SMILES string of the molecule is CC(C)(C)NCC(=O)N(CC(=O)O)C(C)(C)C. The van der Waals surface area contributed by atoms with Crippen LogP contribution in [-0.4, -0.2) is 46.1 Å². The van der Waals surface area contributed by atoms with Crippen molar-refractivity contribution >= 4 is 11.9 Å². The fraction of sp³-hybridized carbons (Fsp3) is 0.833. The quantitative estimate of drug-likeness (QED) is 0.776. The van der Waals surface area contributed by atoms with Crippen molar-refractivity contribution in [1.29, 1.82) is 0 Å². The molecule has 0 aliphatic heterocycles. The van der Waals surface area contributed by atoms with Gasteiger partial charge in [0.15, 0.2) is 0 Å². The molecule has 0 aliphatic carbocycles. The number of aliphatic carboxylic acids is 1. The molecule has 0 aromatic heterocycles. The molecule has 0 aromatic carbocycles. The van der Waals surface area contributed by atoms with Crippen LogP contribution in [0, 0.1) is 0 Å². The molecule has 5 heteroatoms. The second kappa shape index (κ2) is 5.49. The van der Waals surface area contributed by atoms with Gasteiger partial charge in [-0.2, -0.15) is 0 Å². The van der Waals surface area contributed by atoms with Crippen molar-refractivity contribution in [2.45, 2.75) is 52.6 Å². The van der Waals surface area contributed by atoms with Crippen LogP contribution in [0.5, 0.6) is 0 Å². The number of hydrogen-bond donors (Lipinski definition) is 2. The molecular weight excluding hydrogens is 220 g/mol. The highest BCUT2D eigenvalue weighted by Gasteiger charge is 2.28. The number of carboxylic acid groups (broad SMARTS) is 1. The largest absolute Gasteiger partial charge is 0.480 e. The summed E-state index contributed by atoms with van der Waals surface area (Å²) in [6.07, 6.45) is 0. The van der Waals surface area contributed by atoms with E-state index in [1.807, 2.05) is 41.5 Å². The minimum Gasteiger partial charge on any atom is -0.480 e. The minimum absolute atomic E-state index is 0.147. The zero-order valence-corrected chi connectivity index (χ0v) is 11.6. The Bertz CT molecular complexity index is 287. The number of amides is 1. The van der Waals surface area contributed by atoms with E-state index < -0.39 is 11.5 Å². The standard InChI is InChI=1S/C12H24N2O3/c1-11(2,3)13-7-9(15)14(8-10(16)17)12(4,5)6/h13H,7-8H2,1-6H3,(H,16,17). The average molecular weight is 244 g/mol. The Kier molecular flexibility index (Phi) is 5.13. The third kappa shape index (κ3) is 6.94. The molecule has 0 saturated carbocycles. The Labute approximate surface area is 103 Å². The molecule has 0 radical (unpaired) electrons. The molecule has 0 spiro atoms. The summed E-state index contributed by atoms with van der Waals surface area (Å²) >= 11 is 0. The third-order valence-corrected chi connectivity index (χ3v) is 2.17. The van der Waals surface area contributed by atoms with E-state index in [0.29, 0.717) is 0 Å². The fourth-order valence-corrected chi connectivity index (χ4v) is 1.27. The number of carbonyl (C=O) groups excluding carboxylic acids is 1. The van der Waals surface area contributed by atoms with Crippen molar-refractivity contribution in [1.82, 2.24) is 10.2 Å². The van der Waals surface area contributed by atoms with Crippen LogP contribution in [0.3, 0.4) is 0 Å². The van der Waals surface area contributed by atoms with E-state index >= 15 is 0 Å². The van der Waals surface area contributed by atoms with Gasteiger partial charge >= 0.3 is 5.97 Å². The molecule has 0 unspecified atom stereocenters. The highest BCUT2D eigenvalue weighted by molar-refractivity contribution is 5.83. The predicted molar refractivity (Wildman–Crippen MR) is 66.9 cm³/mol. The van der Waals surface area contributed by atoms with Crippen LogP contribution in [0.1, 0.15) is 41.5 Å². The first kappa shape index (κ1) is 15.9. The molecule has 0 rings (SSSR count). The summed E-state index contributed by atoms with van der Waals surface area (Å²) in [5.74, 6) is -1.20. The first-order chi connectivity index (χ1) is 7.43. The van der Waals surface area contributed by atoms with Gasteiger partial charge in [0.05, 0.1) is 6.54 Å². The molecule has 1 amide bonds. The average Bonchev–Trinajstić information content (AvgIpc) is 2.07. The molecule has 0 heterocycles. The number of nitrogens with zero attached hydrogens (tertiary/aromatic N) is 1. The van der Waals surface area contributed by atoms with E-state index in [4.69, 9.17) is 5.11 Å². The predicted octanol–water partition coefficient (Wildman–Crippen LogP) is 1.09. The van der Waals surface area contributed by atoms with Crippen molar-refractivity contribution < 1.29 is 14.7 Å². The lowest BCUT2D eigenvalue weighted by molar-refractivity contribution is -0.147. The second-order valence-electron chi connectivity index (χ2n) is 6.15. The first-order valence-corrected chi connectivity index (χ1v) is 5.71. The Morgan fingerprint density at radius 2 is 1.59 bits per heavy atom. The lowest BCUT2D eigenvalue weighted by Gasteiger charge is -2.35. The summed E-state index contributed by atoms with van der Waals surface area (Å²) in [7, 11) is 0. The van der Waals surface area contributed by atoms with E-state index in [0.717, 1.165) is 0 Å². The number of nitrogens with one attached hydrogen (secondary N) is 1. The van der Waals surface area contributed by atoms with Gasteiger partial charge in [0.2, 0.25) is 5.91 Å². The number of carboxylic acids is 1. The van der Waals surface area contributed by atoms with Gasteiger partial charge in [-0.05, 0) is 41.5 Å². The second-order valence-corrected chi connectivity index (χ2v) is 6.15. The molecule has 0 bridgehead atoms. The Morgan fingerprint density at radius 3 is 1.88 bits per heavy atom. The Balaban J connectivity index is 4.61. The summed E-state index contributed by atoms with van der Waals surface area (Å²) in [4.78, 5) is 24.1. The van der Waals surface area contributed by atoms with Crippen LogP contribution in [0.4, 0.5) is 0 Å². The smallest absolute Gasteiger partial charge is 0.323 e. The van der Waals surface area contributed by atoms with E-state index in [2.05, 4.69) is 5.32 Å². The lowest BCUT2D eigenvalue weighted by Crippen LogP contribution is -2.53. The molecule has 2 N–H and O–H groups in total. The van der Waals surface area contributed by atoms with Crippen LogP contribution in [0.15, 0.2) is 0 Å². The number of hydrogen-bond acceptors (Lipinski definition) is 3. The third-order valence-electron chi connectivity index (χ3n) is 2.17. The van der Waals surface area contributed by atoms with Gasteiger partial charge in [-0.25, -0.2) is 0 Å². The van der Waals surface area contributed by atoms with Crippen LogP contribution in [0.25, 0.3) is 0 Å². The monoisotopic (exact) mass is 244 g/mol. The molecule has 5 nitrogen and oxygen atoms in total. The van der Waals surface area contributed by atoms with Gasteiger partial charge in [0.25, 0.3) is 0 Å². The molecule has 0 saturated heterocycles. The van der Waals surface area contributed by atoms with Gasteiger partial charge in [-0.3, -0.25) is 9.59 Å². The highest BCUT2D eigenvalue weighted by Crippen LogP contribution is 2.13. The van der Waals surface area contributed by atoms with E-state index in [-0.39, 0.29) is 24.5 Å². The van der Waals surface area contributed by atoms with Crippen LogP contribution >= 0.6 is 0 Å². The normalized spacial score (nSPS) is 12.4. The summed E-state index contributed by atoms with van der Waals surface area (Å²) in [5.41, 5.74) is -0.655. The van der Waals surface area contributed by atoms with Gasteiger partial charge in [0.1, 0.15) is 6.54 Å². The lowest BCUT2D eigenvalue weighted by atomic mass is 10.1. The van der Waals surface area contributed by atoms with Crippen molar-refractivity contribution in [3.05, 3.63) is 0 Å². The van der Waals surface area contributed by atoms with Gasteiger partial charge < -0.3 is 15.3 Å². The van der Waals surface area contributed by atoms with Crippen molar-refractivity contribution in [3.63, 3.8) is 0 Å². The van der Waals surface area contributed by atoms with E-state index in [9.17, 15) is 9.59 Å². The van der Waals surface area contributed by atoms with Crippen LogP contribution in [0.2, 0.25) is 0 Å². The summed E-state index contributed by atoms with van der Waals surface area (Å²) in [6, 6.07) is 0. The maximum absolute atomic E-state index is 12.0. The minimum atomic E-state index is -0.996. The maximum atomic E-state index is 12.0. The zero-order valence-electron chi connectivity index (χ0n) is 11.6. The summed E-state index contributed by atoms with van der Waals surface area (Å²) in [5, 5.41) is 11.9.